The monoisotopic (exact) mass is 193 g/mol. The maximum Gasteiger partial charge on any atom is 0.129 e. The average molecular weight is 193 g/mol. The fourth-order valence-electron chi connectivity index (χ4n) is 0.988. The van der Waals surface area contributed by atoms with Gasteiger partial charge in [0, 0.05) is 11.1 Å². The molecule has 0 fully saturated rings. The highest BCUT2D eigenvalue weighted by atomic mass is 19.1. The predicted molar refractivity (Wildman–Crippen MR) is 53.1 cm³/mol. The summed E-state index contributed by atoms with van der Waals surface area (Å²) in [6.45, 7) is 0.291. The smallest absolute Gasteiger partial charge is 0.129 e. The third kappa shape index (κ3) is 2.84. The Bertz CT molecular complexity index is 365. The highest BCUT2D eigenvalue weighted by molar-refractivity contribution is 5.37. The van der Waals surface area contributed by atoms with Crippen LogP contribution in [0, 0.1) is 17.7 Å². The maximum absolute atomic E-state index is 13.1. The van der Waals surface area contributed by atoms with E-state index in [9.17, 15) is 4.39 Å². The molecule has 0 amide bonds. The summed E-state index contributed by atoms with van der Waals surface area (Å²) >= 11 is 0. The van der Waals surface area contributed by atoms with Crippen molar-refractivity contribution in [3.63, 3.8) is 0 Å². The largest absolute Gasteiger partial charge is 0.392 e. The Kier molecular flexibility index (Phi) is 4.11. The van der Waals surface area contributed by atoms with Crippen LogP contribution in [0.2, 0.25) is 0 Å². The summed E-state index contributed by atoms with van der Waals surface area (Å²) in [7, 11) is 1.80. The molecule has 74 valence electrons. The Morgan fingerprint density at radius 2 is 2.29 bits per heavy atom. The van der Waals surface area contributed by atoms with Crippen LogP contribution in [0.3, 0.4) is 0 Å². The fraction of sp³-hybridized carbons (Fsp3) is 0.273. The number of rotatable bonds is 2. The van der Waals surface area contributed by atoms with E-state index in [1.807, 2.05) is 0 Å². The molecule has 0 aliphatic rings. The SMILES string of the molecule is CNCC#Cc1ccc(CO)c(F)c1. The first-order valence-corrected chi connectivity index (χ1v) is 4.30. The maximum atomic E-state index is 13.1. The zero-order valence-corrected chi connectivity index (χ0v) is 7.97. The molecule has 0 unspecified atom stereocenters. The lowest BCUT2D eigenvalue weighted by molar-refractivity contribution is 0.275. The first-order valence-electron chi connectivity index (χ1n) is 4.30. The molecular weight excluding hydrogens is 181 g/mol. The number of aliphatic hydroxyl groups is 1. The minimum atomic E-state index is -0.413. The Morgan fingerprint density at radius 3 is 2.86 bits per heavy atom. The molecule has 0 spiro atoms. The number of nitrogens with one attached hydrogen (secondary N) is 1. The zero-order chi connectivity index (χ0) is 10.4. The minimum absolute atomic E-state index is 0.282. The topological polar surface area (TPSA) is 32.3 Å². The first-order chi connectivity index (χ1) is 6.77. The molecule has 0 atom stereocenters. The van der Waals surface area contributed by atoms with Gasteiger partial charge in [-0.25, -0.2) is 4.39 Å². The van der Waals surface area contributed by atoms with Crippen LogP contribution in [0.1, 0.15) is 11.1 Å². The van der Waals surface area contributed by atoms with E-state index in [2.05, 4.69) is 17.2 Å². The van der Waals surface area contributed by atoms with Crippen molar-refractivity contribution in [2.75, 3.05) is 13.6 Å². The zero-order valence-electron chi connectivity index (χ0n) is 7.97. The number of benzene rings is 1. The van der Waals surface area contributed by atoms with E-state index in [0.717, 1.165) is 0 Å². The molecule has 0 bridgehead atoms. The molecule has 1 aromatic rings. The molecule has 0 radical (unpaired) electrons. The summed E-state index contributed by atoms with van der Waals surface area (Å²) < 4.78 is 13.1. The van der Waals surface area contributed by atoms with Gasteiger partial charge in [0.25, 0.3) is 0 Å². The van der Waals surface area contributed by atoms with E-state index >= 15 is 0 Å². The molecule has 0 saturated heterocycles. The van der Waals surface area contributed by atoms with Crippen LogP contribution < -0.4 is 5.32 Å². The minimum Gasteiger partial charge on any atom is -0.392 e. The quantitative estimate of drug-likeness (QED) is 0.684. The summed E-state index contributed by atoms with van der Waals surface area (Å²) in [6, 6.07) is 4.56. The molecule has 0 heterocycles. The van der Waals surface area contributed by atoms with Gasteiger partial charge in [0.15, 0.2) is 0 Å². The van der Waals surface area contributed by atoms with Crippen LogP contribution in [0.5, 0.6) is 0 Å². The Balaban J connectivity index is 2.82. The van der Waals surface area contributed by atoms with Gasteiger partial charge < -0.3 is 10.4 Å². The Labute approximate surface area is 82.8 Å². The molecule has 1 aromatic carbocycles. The number of hydrogen-bond donors (Lipinski definition) is 2. The summed E-state index contributed by atoms with van der Waals surface area (Å²) in [5, 5.41) is 11.6. The molecule has 0 saturated carbocycles. The van der Waals surface area contributed by atoms with Gasteiger partial charge in [0.2, 0.25) is 0 Å². The van der Waals surface area contributed by atoms with Gasteiger partial charge in [-0.3, -0.25) is 0 Å². The normalized spacial score (nSPS) is 9.36. The van der Waals surface area contributed by atoms with E-state index in [1.54, 1.807) is 19.2 Å². The van der Waals surface area contributed by atoms with Crippen molar-refractivity contribution in [3.05, 3.63) is 35.1 Å². The second kappa shape index (κ2) is 5.38. The van der Waals surface area contributed by atoms with E-state index < -0.39 is 5.82 Å². The number of halogens is 1. The standard InChI is InChI=1S/C11H12FNO/c1-13-6-2-3-9-4-5-10(8-14)11(12)7-9/h4-5,7,13-14H,6,8H2,1H3. The highest BCUT2D eigenvalue weighted by Gasteiger charge is 1.99. The van der Waals surface area contributed by atoms with Crippen LogP contribution in [0.15, 0.2) is 18.2 Å². The molecule has 0 aliphatic heterocycles. The van der Waals surface area contributed by atoms with E-state index in [0.29, 0.717) is 17.7 Å². The summed E-state index contributed by atoms with van der Waals surface area (Å²) in [5.74, 6) is 5.22. The molecule has 14 heavy (non-hydrogen) atoms. The van der Waals surface area contributed by atoms with Gasteiger partial charge >= 0.3 is 0 Å². The van der Waals surface area contributed by atoms with Crippen LogP contribution in [-0.4, -0.2) is 18.7 Å². The molecule has 2 nitrogen and oxygen atoms in total. The van der Waals surface area contributed by atoms with Crippen molar-refractivity contribution >= 4 is 0 Å². The number of hydrogen-bond acceptors (Lipinski definition) is 2. The molecule has 2 N–H and O–H groups in total. The van der Waals surface area contributed by atoms with Gasteiger partial charge in [-0.15, -0.1) is 0 Å². The van der Waals surface area contributed by atoms with Crippen molar-refractivity contribution in [1.82, 2.24) is 5.32 Å². The van der Waals surface area contributed by atoms with Gasteiger partial charge in [-0.2, -0.15) is 0 Å². The van der Waals surface area contributed by atoms with Crippen molar-refractivity contribution < 1.29 is 9.50 Å². The lowest BCUT2D eigenvalue weighted by Crippen LogP contribution is -2.04. The van der Waals surface area contributed by atoms with Crippen LogP contribution in [0.4, 0.5) is 4.39 Å². The van der Waals surface area contributed by atoms with E-state index in [1.165, 1.54) is 6.07 Å². The van der Waals surface area contributed by atoms with Crippen molar-refractivity contribution in [2.24, 2.45) is 0 Å². The summed E-state index contributed by atoms with van der Waals surface area (Å²) in [6.07, 6.45) is 0. The van der Waals surface area contributed by atoms with Crippen molar-refractivity contribution in [2.45, 2.75) is 6.61 Å². The lowest BCUT2D eigenvalue weighted by atomic mass is 10.1. The first kappa shape index (κ1) is 10.7. The van der Waals surface area contributed by atoms with Gasteiger partial charge in [-0.1, -0.05) is 17.9 Å². The molecule has 0 aromatic heterocycles. The third-order valence-electron chi connectivity index (χ3n) is 1.72. The van der Waals surface area contributed by atoms with Gasteiger partial charge in [0.05, 0.1) is 13.2 Å². The molecule has 0 aliphatic carbocycles. The molecule has 3 heteroatoms. The van der Waals surface area contributed by atoms with Gasteiger partial charge in [-0.05, 0) is 19.2 Å². The summed E-state index contributed by atoms with van der Waals surface area (Å²) in [5.41, 5.74) is 0.916. The van der Waals surface area contributed by atoms with Crippen LogP contribution >= 0.6 is 0 Å². The van der Waals surface area contributed by atoms with Gasteiger partial charge in [0.1, 0.15) is 5.82 Å². The average Bonchev–Trinajstić information content (AvgIpc) is 2.18. The van der Waals surface area contributed by atoms with E-state index in [4.69, 9.17) is 5.11 Å². The highest BCUT2D eigenvalue weighted by Crippen LogP contribution is 2.09. The second-order valence-electron chi connectivity index (χ2n) is 2.80. The Morgan fingerprint density at radius 1 is 1.50 bits per heavy atom. The summed E-state index contributed by atoms with van der Waals surface area (Å²) in [4.78, 5) is 0. The third-order valence-corrected chi connectivity index (χ3v) is 1.72. The fourth-order valence-corrected chi connectivity index (χ4v) is 0.988. The molecule has 1 rings (SSSR count). The molecular formula is C11H12FNO. The predicted octanol–water partition coefficient (Wildman–Crippen LogP) is 0.889. The second-order valence-corrected chi connectivity index (χ2v) is 2.80. The van der Waals surface area contributed by atoms with E-state index in [-0.39, 0.29) is 6.61 Å². The van der Waals surface area contributed by atoms with Crippen LogP contribution in [0.25, 0.3) is 0 Å². The number of aliphatic hydroxyl groups excluding tert-OH is 1. The van der Waals surface area contributed by atoms with Crippen molar-refractivity contribution in [3.8, 4) is 11.8 Å². The Hall–Kier alpha value is -1.37. The lowest BCUT2D eigenvalue weighted by Gasteiger charge is -1.98. The van der Waals surface area contributed by atoms with Crippen molar-refractivity contribution in [1.29, 1.82) is 0 Å². The van der Waals surface area contributed by atoms with Crippen LogP contribution in [-0.2, 0) is 6.61 Å².